The highest BCUT2D eigenvalue weighted by Crippen LogP contribution is 2.29. The van der Waals surface area contributed by atoms with E-state index in [0.29, 0.717) is 11.3 Å². The number of fused-ring (bicyclic) bond motifs is 1. The molecule has 9 nitrogen and oxygen atoms in total. The highest BCUT2D eigenvalue weighted by Gasteiger charge is 2.31. The fourth-order valence-corrected chi connectivity index (χ4v) is 7.00. The number of aromatic amines is 1. The molecule has 0 spiro atoms. The smallest absolute Gasteiger partial charge is 0.312 e. The standard InChI is InChI=1S/C23H27N3O6S2/c1-23(2,3)32-21(27)13-17-12-20-19(8-10-24-22(20)25-17)15-4-6-18(7-5-15)34(30,31)26-16-9-11-33(28,29)14-16/h4-8,10,12,16,26H,9,11,13-14H2,1-3H3,(H,24,25). The molecular formula is C23H27N3O6S2. The van der Waals surface area contributed by atoms with Gasteiger partial charge in [0.05, 0.1) is 22.8 Å². The number of hydrogen-bond acceptors (Lipinski definition) is 7. The molecule has 0 amide bonds. The monoisotopic (exact) mass is 505 g/mol. The molecule has 1 aromatic carbocycles. The number of aromatic nitrogens is 2. The van der Waals surface area contributed by atoms with Crippen LogP contribution in [-0.2, 0) is 35.8 Å². The Labute approximate surface area is 198 Å². The molecule has 1 atom stereocenters. The van der Waals surface area contributed by atoms with Gasteiger partial charge >= 0.3 is 5.97 Å². The van der Waals surface area contributed by atoms with Gasteiger partial charge in [-0.3, -0.25) is 4.79 Å². The van der Waals surface area contributed by atoms with Gasteiger partial charge in [0.25, 0.3) is 0 Å². The van der Waals surface area contributed by atoms with E-state index in [1.807, 2.05) is 32.9 Å². The van der Waals surface area contributed by atoms with E-state index in [1.165, 1.54) is 12.1 Å². The maximum absolute atomic E-state index is 12.7. The highest BCUT2D eigenvalue weighted by atomic mass is 32.2. The number of sulfone groups is 1. The van der Waals surface area contributed by atoms with Gasteiger partial charge in [0, 0.05) is 23.3 Å². The van der Waals surface area contributed by atoms with Crippen LogP contribution in [-0.4, -0.2) is 55.9 Å². The zero-order valence-corrected chi connectivity index (χ0v) is 20.8. The summed E-state index contributed by atoms with van der Waals surface area (Å²) in [4.78, 5) is 19.7. The number of carbonyl (C=O) groups is 1. The lowest BCUT2D eigenvalue weighted by molar-refractivity contribution is -0.153. The number of sulfonamides is 1. The molecule has 1 fully saturated rings. The lowest BCUT2D eigenvalue weighted by Crippen LogP contribution is -2.35. The number of carbonyl (C=O) groups excluding carboxylic acids is 1. The molecule has 3 heterocycles. The number of nitrogens with one attached hydrogen (secondary N) is 2. The maximum Gasteiger partial charge on any atom is 0.312 e. The quantitative estimate of drug-likeness (QED) is 0.492. The molecule has 0 saturated carbocycles. The molecular weight excluding hydrogens is 478 g/mol. The highest BCUT2D eigenvalue weighted by molar-refractivity contribution is 7.92. The number of H-pyrrole nitrogens is 1. The van der Waals surface area contributed by atoms with Gasteiger partial charge < -0.3 is 9.72 Å². The van der Waals surface area contributed by atoms with E-state index in [2.05, 4.69) is 14.7 Å². The van der Waals surface area contributed by atoms with Crippen molar-refractivity contribution in [2.75, 3.05) is 11.5 Å². The summed E-state index contributed by atoms with van der Waals surface area (Å²) in [6.07, 6.45) is 1.98. The van der Waals surface area contributed by atoms with Crippen LogP contribution in [0.5, 0.6) is 0 Å². The molecule has 1 aliphatic rings. The third-order valence-electron chi connectivity index (χ3n) is 5.37. The summed E-state index contributed by atoms with van der Waals surface area (Å²) >= 11 is 0. The second kappa shape index (κ2) is 8.79. The summed E-state index contributed by atoms with van der Waals surface area (Å²) < 4.78 is 56.5. The first-order chi connectivity index (χ1) is 15.8. The zero-order valence-electron chi connectivity index (χ0n) is 19.2. The Morgan fingerprint density at radius 3 is 2.53 bits per heavy atom. The van der Waals surface area contributed by atoms with E-state index in [-0.39, 0.29) is 35.2 Å². The lowest BCUT2D eigenvalue weighted by atomic mass is 10.0. The molecule has 34 heavy (non-hydrogen) atoms. The molecule has 2 aromatic heterocycles. The van der Waals surface area contributed by atoms with E-state index >= 15 is 0 Å². The predicted molar refractivity (Wildman–Crippen MR) is 128 cm³/mol. The van der Waals surface area contributed by atoms with Crippen molar-refractivity contribution >= 4 is 36.9 Å². The van der Waals surface area contributed by atoms with Gasteiger partial charge in [-0.25, -0.2) is 26.5 Å². The van der Waals surface area contributed by atoms with Crippen LogP contribution in [0.15, 0.2) is 47.5 Å². The molecule has 0 aliphatic carbocycles. The second-order valence-corrected chi connectivity index (χ2v) is 13.4. The van der Waals surface area contributed by atoms with E-state index in [4.69, 9.17) is 4.74 Å². The molecule has 3 aromatic rings. The first-order valence-electron chi connectivity index (χ1n) is 10.8. The van der Waals surface area contributed by atoms with Crippen LogP contribution in [0.3, 0.4) is 0 Å². The van der Waals surface area contributed by atoms with Crippen LogP contribution >= 0.6 is 0 Å². The van der Waals surface area contributed by atoms with Crippen LogP contribution in [0, 0.1) is 0 Å². The van der Waals surface area contributed by atoms with Crippen LogP contribution < -0.4 is 4.72 Å². The number of benzene rings is 1. The largest absolute Gasteiger partial charge is 0.460 e. The summed E-state index contributed by atoms with van der Waals surface area (Å²) in [5, 5.41) is 0.797. The molecule has 1 unspecified atom stereocenters. The van der Waals surface area contributed by atoms with E-state index in [9.17, 15) is 21.6 Å². The minimum atomic E-state index is -3.84. The van der Waals surface area contributed by atoms with Crippen molar-refractivity contribution in [1.82, 2.24) is 14.7 Å². The third kappa shape index (κ3) is 5.65. The van der Waals surface area contributed by atoms with Crippen LogP contribution in [0.2, 0.25) is 0 Å². The van der Waals surface area contributed by atoms with Gasteiger partial charge in [-0.15, -0.1) is 0 Å². The van der Waals surface area contributed by atoms with E-state index in [1.54, 1.807) is 18.3 Å². The van der Waals surface area contributed by atoms with Crippen LogP contribution in [0.4, 0.5) is 0 Å². The Kier molecular flexibility index (Phi) is 6.30. The fourth-order valence-electron chi connectivity index (χ4n) is 3.95. The molecule has 0 radical (unpaired) electrons. The average Bonchev–Trinajstić information content (AvgIpc) is 3.27. The summed E-state index contributed by atoms with van der Waals surface area (Å²) in [6.45, 7) is 5.43. The van der Waals surface area contributed by atoms with Crippen molar-refractivity contribution in [1.29, 1.82) is 0 Å². The topological polar surface area (TPSA) is 135 Å². The first kappa shape index (κ1) is 24.4. The molecule has 2 N–H and O–H groups in total. The van der Waals surface area contributed by atoms with Gasteiger partial charge in [-0.05, 0) is 62.6 Å². The van der Waals surface area contributed by atoms with Crippen LogP contribution in [0.25, 0.3) is 22.2 Å². The van der Waals surface area contributed by atoms with Crippen molar-refractivity contribution in [3.05, 3.63) is 48.3 Å². The van der Waals surface area contributed by atoms with E-state index < -0.39 is 31.5 Å². The Balaban J connectivity index is 1.55. The SMILES string of the molecule is CC(C)(C)OC(=O)Cc1cc2c(-c3ccc(S(=O)(=O)NC4CCS(=O)(=O)C4)cc3)ccnc2[nH]1. The molecule has 4 rings (SSSR count). The van der Waals surface area contributed by atoms with E-state index in [0.717, 1.165) is 16.5 Å². The normalized spacial score (nSPS) is 18.3. The number of ether oxygens (including phenoxy) is 1. The molecule has 182 valence electrons. The summed E-state index contributed by atoms with van der Waals surface area (Å²) in [6, 6.07) is 9.40. The molecule has 0 bridgehead atoms. The van der Waals surface area contributed by atoms with Gasteiger partial charge in [0.1, 0.15) is 11.2 Å². The Bertz CT molecular complexity index is 1440. The maximum atomic E-state index is 12.7. The van der Waals surface area contributed by atoms with Crippen molar-refractivity contribution in [3.8, 4) is 11.1 Å². The molecule has 11 heteroatoms. The Morgan fingerprint density at radius 2 is 1.91 bits per heavy atom. The summed E-state index contributed by atoms with van der Waals surface area (Å²) in [5.41, 5.74) is 2.30. The Hall–Kier alpha value is -2.76. The van der Waals surface area contributed by atoms with Gasteiger partial charge in [-0.1, -0.05) is 12.1 Å². The van der Waals surface area contributed by atoms with Gasteiger partial charge in [0.15, 0.2) is 9.84 Å². The minimum Gasteiger partial charge on any atom is -0.460 e. The summed E-state index contributed by atoms with van der Waals surface area (Å²) in [7, 11) is -7.04. The first-order valence-corrected chi connectivity index (χ1v) is 14.1. The van der Waals surface area contributed by atoms with Crippen molar-refractivity contribution in [2.24, 2.45) is 0 Å². The second-order valence-electron chi connectivity index (χ2n) is 9.42. The fraction of sp³-hybridized carbons (Fsp3) is 0.391. The van der Waals surface area contributed by atoms with Crippen LogP contribution in [0.1, 0.15) is 32.9 Å². The lowest BCUT2D eigenvalue weighted by Gasteiger charge is -2.19. The predicted octanol–water partition coefficient (Wildman–Crippen LogP) is 2.58. The zero-order chi connectivity index (χ0) is 24.7. The van der Waals surface area contributed by atoms with Gasteiger partial charge in [-0.2, -0.15) is 0 Å². The number of nitrogens with zero attached hydrogens (tertiary/aromatic N) is 1. The van der Waals surface area contributed by atoms with Crippen molar-refractivity contribution < 1.29 is 26.4 Å². The third-order valence-corrected chi connectivity index (χ3v) is 8.68. The number of pyridine rings is 1. The minimum absolute atomic E-state index is 0.0102. The average molecular weight is 506 g/mol. The summed E-state index contributed by atoms with van der Waals surface area (Å²) in [5.74, 6) is -0.542. The van der Waals surface area contributed by atoms with Gasteiger partial charge in [0.2, 0.25) is 10.0 Å². The van der Waals surface area contributed by atoms with Crippen molar-refractivity contribution in [3.63, 3.8) is 0 Å². The Morgan fingerprint density at radius 1 is 1.21 bits per heavy atom. The molecule has 1 saturated heterocycles. The number of hydrogen-bond donors (Lipinski definition) is 2. The molecule has 1 aliphatic heterocycles. The van der Waals surface area contributed by atoms with Crippen molar-refractivity contribution in [2.45, 2.75) is 50.2 Å². The number of esters is 1. The number of rotatable bonds is 6.